The summed E-state index contributed by atoms with van der Waals surface area (Å²) in [7, 11) is 4.06. The van der Waals surface area contributed by atoms with Crippen molar-refractivity contribution in [1.29, 1.82) is 5.26 Å². The van der Waals surface area contributed by atoms with E-state index in [4.69, 9.17) is 9.68 Å². The summed E-state index contributed by atoms with van der Waals surface area (Å²) in [6.07, 6.45) is 4.78. The molecular formula is C14H22N4OS2. The second-order valence-corrected chi connectivity index (χ2v) is 6.54. The molecule has 0 fully saturated rings. The molecule has 0 aliphatic carbocycles. The second-order valence-electron chi connectivity index (χ2n) is 4.64. The summed E-state index contributed by atoms with van der Waals surface area (Å²) in [5.74, 6) is 3.95. The maximum Gasteiger partial charge on any atom is 0.183 e. The topological polar surface area (TPSA) is 64.6 Å². The van der Waals surface area contributed by atoms with Gasteiger partial charge in [0.1, 0.15) is 11.5 Å². The third-order valence-corrected chi connectivity index (χ3v) is 4.18. The Morgan fingerprint density at radius 2 is 2.19 bits per heavy atom. The summed E-state index contributed by atoms with van der Waals surface area (Å²) in [4.78, 5) is 6.41. The number of thioether (sulfide) groups is 2. The fourth-order valence-corrected chi connectivity index (χ4v) is 2.82. The van der Waals surface area contributed by atoms with E-state index in [9.17, 15) is 0 Å². The van der Waals surface area contributed by atoms with Crippen LogP contribution in [0.2, 0.25) is 0 Å². The highest BCUT2D eigenvalue weighted by molar-refractivity contribution is 8.13. The van der Waals surface area contributed by atoms with Crippen molar-refractivity contribution in [3.63, 3.8) is 0 Å². The average molecular weight is 326 g/mol. The van der Waals surface area contributed by atoms with E-state index in [1.807, 2.05) is 50.4 Å². The quantitative estimate of drug-likeness (QED) is 0.260. The standard InChI is InChI=1S/C14H22N4OS2/c1-18(2)9-12-5-6-13(19-12)10-21-8-4-7-16-14(20-3)17-11-15/h5-6H,4,7-10H2,1-3H3,(H,16,17). The molecule has 0 bridgehead atoms. The lowest BCUT2D eigenvalue weighted by Crippen LogP contribution is -2.13. The van der Waals surface area contributed by atoms with Gasteiger partial charge in [-0.25, -0.2) is 0 Å². The Kier molecular flexibility index (Phi) is 9.06. The van der Waals surface area contributed by atoms with Gasteiger partial charge in [-0.2, -0.15) is 17.0 Å². The molecule has 0 aromatic carbocycles. The van der Waals surface area contributed by atoms with Gasteiger partial charge in [0.25, 0.3) is 0 Å². The molecule has 1 aromatic heterocycles. The molecule has 0 atom stereocenters. The van der Waals surface area contributed by atoms with Crippen molar-refractivity contribution in [3.05, 3.63) is 23.7 Å². The largest absolute Gasteiger partial charge is 0.464 e. The first kappa shape index (κ1) is 18.0. The molecule has 116 valence electrons. The third kappa shape index (κ3) is 8.05. The van der Waals surface area contributed by atoms with Gasteiger partial charge in [-0.1, -0.05) is 11.8 Å². The van der Waals surface area contributed by atoms with Crippen LogP contribution in [0, 0.1) is 11.5 Å². The number of nitrogens with zero attached hydrogens (tertiary/aromatic N) is 3. The van der Waals surface area contributed by atoms with E-state index in [1.165, 1.54) is 11.8 Å². The molecule has 0 aliphatic rings. The monoisotopic (exact) mass is 326 g/mol. The lowest BCUT2D eigenvalue weighted by molar-refractivity contribution is 0.344. The average Bonchev–Trinajstić information content (AvgIpc) is 2.88. The maximum atomic E-state index is 8.52. The highest BCUT2D eigenvalue weighted by atomic mass is 32.2. The number of amidine groups is 1. The van der Waals surface area contributed by atoms with E-state index in [1.54, 1.807) is 0 Å². The van der Waals surface area contributed by atoms with Crippen LogP contribution in [0.3, 0.4) is 0 Å². The first-order valence-corrected chi connectivity index (χ1v) is 9.07. The van der Waals surface area contributed by atoms with Crippen molar-refractivity contribution in [1.82, 2.24) is 10.2 Å². The molecule has 1 N–H and O–H groups in total. The van der Waals surface area contributed by atoms with Gasteiger partial charge >= 0.3 is 0 Å². The highest BCUT2D eigenvalue weighted by Gasteiger charge is 2.03. The predicted molar refractivity (Wildman–Crippen MR) is 91.4 cm³/mol. The molecule has 1 heterocycles. The van der Waals surface area contributed by atoms with Gasteiger partial charge in [0.05, 0.1) is 12.3 Å². The molecule has 0 saturated carbocycles. The molecule has 1 rings (SSSR count). The summed E-state index contributed by atoms with van der Waals surface area (Å²) < 4.78 is 5.75. The molecule has 1 aromatic rings. The van der Waals surface area contributed by atoms with Crippen LogP contribution in [-0.2, 0) is 12.3 Å². The molecule has 5 nitrogen and oxygen atoms in total. The summed E-state index contributed by atoms with van der Waals surface area (Å²) in [5, 5.41) is 11.8. The van der Waals surface area contributed by atoms with E-state index in [0.717, 1.165) is 42.5 Å². The maximum absolute atomic E-state index is 8.52. The Balaban J connectivity index is 2.17. The lowest BCUT2D eigenvalue weighted by atomic mass is 10.4. The Morgan fingerprint density at radius 1 is 1.43 bits per heavy atom. The Hall–Kier alpha value is -1.10. The van der Waals surface area contributed by atoms with Crippen LogP contribution in [0.1, 0.15) is 17.9 Å². The van der Waals surface area contributed by atoms with E-state index in [-0.39, 0.29) is 0 Å². The number of hydrogen-bond donors (Lipinski definition) is 1. The number of nitrogens with one attached hydrogen (secondary N) is 1. The smallest absolute Gasteiger partial charge is 0.183 e. The van der Waals surface area contributed by atoms with Gasteiger partial charge in [-0.15, -0.1) is 0 Å². The van der Waals surface area contributed by atoms with Crippen molar-refractivity contribution in [2.75, 3.05) is 32.6 Å². The van der Waals surface area contributed by atoms with Gasteiger partial charge in [-0.3, -0.25) is 10.3 Å². The Morgan fingerprint density at radius 3 is 2.86 bits per heavy atom. The van der Waals surface area contributed by atoms with Crippen LogP contribution in [0.4, 0.5) is 0 Å². The third-order valence-electron chi connectivity index (χ3n) is 2.49. The van der Waals surface area contributed by atoms with Gasteiger partial charge in [0, 0.05) is 6.54 Å². The van der Waals surface area contributed by atoms with E-state index < -0.39 is 0 Å². The van der Waals surface area contributed by atoms with E-state index in [0.29, 0.717) is 5.17 Å². The molecule has 21 heavy (non-hydrogen) atoms. The molecule has 7 heteroatoms. The fourth-order valence-electron chi connectivity index (χ4n) is 1.62. The van der Waals surface area contributed by atoms with Crippen LogP contribution in [-0.4, -0.2) is 42.7 Å². The molecule has 0 amide bonds. The number of hydrogen-bond acceptors (Lipinski definition) is 6. The van der Waals surface area contributed by atoms with Crippen molar-refractivity contribution < 1.29 is 4.42 Å². The summed E-state index contributed by atoms with van der Waals surface area (Å²) in [6.45, 7) is 1.57. The zero-order valence-corrected chi connectivity index (χ0v) is 14.4. The molecule has 0 aliphatic heterocycles. The van der Waals surface area contributed by atoms with E-state index >= 15 is 0 Å². The Labute approximate surface area is 135 Å². The molecule has 0 unspecified atom stereocenters. The number of nitriles is 1. The van der Waals surface area contributed by atoms with Gasteiger partial charge in [0.15, 0.2) is 11.4 Å². The number of furan rings is 1. The van der Waals surface area contributed by atoms with Gasteiger partial charge in [0.2, 0.25) is 0 Å². The van der Waals surface area contributed by atoms with Crippen molar-refractivity contribution in [2.24, 2.45) is 4.99 Å². The van der Waals surface area contributed by atoms with Crippen LogP contribution in [0.25, 0.3) is 0 Å². The van der Waals surface area contributed by atoms with Crippen molar-refractivity contribution in [2.45, 2.75) is 18.7 Å². The molecule has 0 radical (unpaired) electrons. The minimum absolute atomic E-state index is 0.682. The minimum Gasteiger partial charge on any atom is -0.464 e. The highest BCUT2D eigenvalue weighted by Crippen LogP contribution is 2.16. The minimum atomic E-state index is 0.682. The summed E-state index contributed by atoms with van der Waals surface area (Å²) >= 11 is 3.30. The zero-order chi connectivity index (χ0) is 15.5. The van der Waals surface area contributed by atoms with Gasteiger partial charge in [-0.05, 0) is 44.7 Å². The molecule has 0 spiro atoms. The zero-order valence-electron chi connectivity index (χ0n) is 12.8. The summed E-state index contributed by atoms with van der Waals surface area (Å²) in [6, 6.07) is 4.09. The number of aliphatic imine (C=N–C) groups is 1. The van der Waals surface area contributed by atoms with Crippen LogP contribution in [0.15, 0.2) is 21.5 Å². The lowest BCUT2D eigenvalue weighted by Gasteiger charge is -2.05. The Bertz CT molecular complexity index is 480. The van der Waals surface area contributed by atoms with Crippen LogP contribution < -0.4 is 5.32 Å². The van der Waals surface area contributed by atoms with E-state index in [2.05, 4.69) is 15.2 Å². The van der Waals surface area contributed by atoms with Crippen molar-refractivity contribution >= 4 is 28.7 Å². The first-order valence-electron chi connectivity index (χ1n) is 6.69. The normalized spacial score (nSPS) is 11.7. The van der Waals surface area contributed by atoms with Gasteiger partial charge < -0.3 is 9.32 Å². The molecular weight excluding hydrogens is 304 g/mol. The number of rotatable bonds is 8. The second kappa shape index (κ2) is 10.6. The van der Waals surface area contributed by atoms with Crippen LogP contribution in [0.5, 0.6) is 0 Å². The first-order chi connectivity index (χ1) is 10.2. The van der Waals surface area contributed by atoms with Crippen molar-refractivity contribution in [3.8, 4) is 6.19 Å². The fraction of sp³-hybridized carbons (Fsp3) is 0.571. The molecule has 0 saturated heterocycles. The summed E-state index contributed by atoms with van der Waals surface area (Å²) in [5.41, 5.74) is 0. The SMILES string of the molecule is CS/C(=N\CCCSCc1ccc(CN(C)C)o1)NC#N. The predicted octanol–water partition coefficient (Wildman–Crippen LogP) is 2.75. The van der Waals surface area contributed by atoms with Crippen LogP contribution >= 0.6 is 23.5 Å².